The summed E-state index contributed by atoms with van der Waals surface area (Å²) < 4.78 is 11.2. The summed E-state index contributed by atoms with van der Waals surface area (Å²) in [6.45, 7) is 10.4. The molecular formula is C17H24N2O4S. The topological polar surface area (TPSA) is 64.8 Å². The molecule has 132 valence electrons. The predicted molar refractivity (Wildman–Crippen MR) is 93.0 cm³/mol. The molecule has 0 spiro atoms. The fraction of sp³-hybridized carbons (Fsp3) is 0.529. The van der Waals surface area contributed by atoms with E-state index in [0.29, 0.717) is 18.8 Å². The van der Waals surface area contributed by atoms with E-state index in [1.807, 2.05) is 38.3 Å². The Balaban J connectivity index is 2.04. The zero-order chi connectivity index (χ0) is 17.7. The van der Waals surface area contributed by atoms with Crippen molar-refractivity contribution in [3.63, 3.8) is 0 Å². The first-order chi connectivity index (χ1) is 11.3. The molecule has 1 amide bonds. The number of carbonyl (C=O) groups is 1. The monoisotopic (exact) mass is 352 g/mol. The lowest BCUT2D eigenvalue weighted by molar-refractivity contribution is -0.217. The second-order valence-electron chi connectivity index (χ2n) is 6.66. The Morgan fingerprint density at radius 2 is 2.17 bits per heavy atom. The van der Waals surface area contributed by atoms with Crippen molar-refractivity contribution in [2.45, 2.75) is 46.1 Å². The van der Waals surface area contributed by atoms with Gasteiger partial charge in [0.2, 0.25) is 6.41 Å². The minimum atomic E-state index is -0.440. The van der Waals surface area contributed by atoms with Crippen LogP contribution in [-0.2, 0) is 9.63 Å². The molecule has 2 rings (SSSR count). The van der Waals surface area contributed by atoms with Crippen LogP contribution in [0.2, 0.25) is 0 Å². The molecule has 0 saturated heterocycles. The molecule has 0 aliphatic carbocycles. The Hall–Kier alpha value is -1.86. The molecule has 0 N–H and O–H groups in total. The van der Waals surface area contributed by atoms with Gasteiger partial charge >= 0.3 is 0 Å². The molecule has 0 atom stereocenters. The van der Waals surface area contributed by atoms with Crippen molar-refractivity contribution in [2.75, 3.05) is 13.2 Å². The summed E-state index contributed by atoms with van der Waals surface area (Å²) in [5, 5.41) is 7.28. The molecule has 0 radical (unpaired) electrons. The summed E-state index contributed by atoms with van der Waals surface area (Å²) in [4.78, 5) is 17.6. The number of rotatable bonds is 8. The van der Waals surface area contributed by atoms with E-state index < -0.39 is 5.60 Å². The zero-order valence-electron chi connectivity index (χ0n) is 14.7. The van der Waals surface area contributed by atoms with Crippen LogP contribution < -0.4 is 4.74 Å². The number of aromatic nitrogens is 1. The van der Waals surface area contributed by atoms with Gasteiger partial charge in [-0.05, 0) is 43.3 Å². The quantitative estimate of drug-likeness (QED) is 0.529. The van der Waals surface area contributed by atoms with Crippen LogP contribution in [0.25, 0.3) is 10.6 Å². The zero-order valence-corrected chi connectivity index (χ0v) is 15.6. The van der Waals surface area contributed by atoms with E-state index in [1.165, 1.54) is 5.06 Å². The molecule has 0 aromatic carbocycles. The number of nitrogens with zero attached hydrogens (tertiary/aromatic N) is 2. The van der Waals surface area contributed by atoms with Gasteiger partial charge < -0.3 is 9.26 Å². The molecular weight excluding hydrogens is 328 g/mol. The minimum absolute atomic E-state index is 0.205. The van der Waals surface area contributed by atoms with Gasteiger partial charge in [0, 0.05) is 0 Å². The Labute approximate surface area is 146 Å². The normalized spacial score (nSPS) is 11.8. The third kappa shape index (κ3) is 4.82. The molecule has 2 aromatic heterocycles. The lowest BCUT2D eigenvalue weighted by Gasteiger charge is -2.26. The van der Waals surface area contributed by atoms with Crippen molar-refractivity contribution in [3.8, 4) is 16.5 Å². The first-order valence-electron chi connectivity index (χ1n) is 7.89. The van der Waals surface area contributed by atoms with Gasteiger partial charge in [-0.1, -0.05) is 19.9 Å². The van der Waals surface area contributed by atoms with Gasteiger partial charge in [-0.15, -0.1) is 11.3 Å². The maximum atomic E-state index is 11.1. The van der Waals surface area contributed by atoms with E-state index in [0.717, 1.165) is 16.2 Å². The van der Waals surface area contributed by atoms with Crippen molar-refractivity contribution in [2.24, 2.45) is 0 Å². The summed E-state index contributed by atoms with van der Waals surface area (Å²) >= 11 is 1.60. The molecule has 0 fully saturated rings. The second kappa shape index (κ2) is 7.81. The Bertz CT molecular complexity index is 644. The fourth-order valence-corrected chi connectivity index (χ4v) is 2.90. The molecule has 7 heteroatoms. The van der Waals surface area contributed by atoms with Crippen molar-refractivity contribution < 1.29 is 18.9 Å². The van der Waals surface area contributed by atoms with Crippen LogP contribution >= 0.6 is 11.3 Å². The fourth-order valence-electron chi connectivity index (χ4n) is 2.19. The molecule has 0 saturated carbocycles. The molecule has 0 bridgehead atoms. The molecule has 0 aliphatic heterocycles. The number of ether oxygens (including phenoxy) is 1. The van der Waals surface area contributed by atoms with Gasteiger partial charge in [0.25, 0.3) is 5.88 Å². The van der Waals surface area contributed by atoms with Crippen LogP contribution in [0.4, 0.5) is 0 Å². The summed E-state index contributed by atoms with van der Waals surface area (Å²) in [7, 11) is 0. The summed E-state index contributed by atoms with van der Waals surface area (Å²) in [5.74, 6) is 1.42. The average Bonchev–Trinajstić information content (AvgIpc) is 3.13. The van der Waals surface area contributed by atoms with E-state index in [9.17, 15) is 4.79 Å². The van der Waals surface area contributed by atoms with Gasteiger partial charge in [-0.2, -0.15) is 0 Å². The average molecular weight is 352 g/mol. The van der Waals surface area contributed by atoms with Crippen LogP contribution in [0.15, 0.2) is 22.0 Å². The summed E-state index contributed by atoms with van der Waals surface area (Å²) in [6.07, 6.45) is 0.651. The summed E-state index contributed by atoms with van der Waals surface area (Å²) in [6, 6.07) is 3.96. The highest BCUT2D eigenvalue weighted by atomic mass is 32.1. The van der Waals surface area contributed by atoms with Crippen molar-refractivity contribution in [1.82, 2.24) is 10.2 Å². The maximum Gasteiger partial charge on any atom is 0.258 e. The third-order valence-electron chi connectivity index (χ3n) is 3.08. The highest BCUT2D eigenvalue weighted by Crippen LogP contribution is 2.38. The Kier molecular flexibility index (Phi) is 6.01. The minimum Gasteiger partial charge on any atom is -0.473 e. The lowest BCUT2D eigenvalue weighted by atomic mass is 10.0. The van der Waals surface area contributed by atoms with E-state index >= 15 is 0 Å². The lowest BCUT2D eigenvalue weighted by Crippen LogP contribution is -2.35. The maximum absolute atomic E-state index is 11.1. The van der Waals surface area contributed by atoms with Crippen LogP contribution in [0, 0.1) is 0 Å². The van der Waals surface area contributed by atoms with E-state index in [1.54, 1.807) is 11.3 Å². The van der Waals surface area contributed by atoms with E-state index in [4.69, 9.17) is 14.1 Å². The first-order valence-corrected chi connectivity index (χ1v) is 8.77. The van der Waals surface area contributed by atoms with Crippen molar-refractivity contribution in [1.29, 1.82) is 0 Å². The van der Waals surface area contributed by atoms with Gasteiger partial charge in [-0.3, -0.25) is 9.63 Å². The molecule has 0 aliphatic rings. The number of hydroxylamine groups is 2. The standard InChI is InChI=1S/C17H24N2O4S/c1-12(2)14-15(13-7-6-10-24-13)22-18-16(14)21-9-8-19(11-20)23-17(3,4)5/h6-7,10-12H,8-9H2,1-5H3. The van der Waals surface area contributed by atoms with Crippen LogP contribution in [0.3, 0.4) is 0 Å². The largest absolute Gasteiger partial charge is 0.473 e. The van der Waals surface area contributed by atoms with Gasteiger partial charge in [0.1, 0.15) is 6.61 Å². The molecule has 2 heterocycles. The van der Waals surface area contributed by atoms with Crippen LogP contribution in [-0.4, -0.2) is 35.4 Å². The molecule has 2 aromatic rings. The SMILES string of the molecule is CC(C)c1c(OCCN(C=O)OC(C)(C)C)noc1-c1cccs1. The molecule has 6 nitrogen and oxygen atoms in total. The molecule has 0 unspecified atom stereocenters. The van der Waals surface area contributed by atoms with Gasteiger partial charge in [0.15, 0.2) is 5.76 Å². The van der Waals surface area contributed by atoms with Crippen molar-refractivity contribution in [3.05, 3.63) is 23.1 Å². The van der Waals surface area contributed by atoms with E-state index in [2.05, 4.69) is 19.0 Å². The number of amides is 1. The number of hydrogen-bond acceptors (Lipinski definition) is 6. The van der Waals surface area contributed by atoms with Gasteiger partial charge in [-0.25, -0.2) is 5.06 Å². The Morgan fingerprint density at radius 3 is 2.71 bits per heavy atom. The predicted octanol–water partition coefficient (Wildman–Crippen LogP) is 4.09. The molecule has 24 heavy (non-hydrogen) atoms. The van der Waals surface area contributed by atoms with Crippen LogP contribution in [0.5, 0.6) is 5.88 Å². The van der Waals surface area contributed by atoms with Crippen molar-refractivity contribution >= 4 is 17.7 Å². The third-order valence-corrected chi connectivity index (χ3v) is 3.94. The van der Waals surface area contributed by atoms with Gasteiger partial charge in [0.05, 0.1) is 22.6 Å². The summed E-state index contributed by atoms with van der Waals surface area (Å²) in [5.41, 5.74) is 0.497. The smallest absolute Gasteiger partial charge is 0.258 e. The van der Waals surface area contributed by atoms with Crippen LogP contribution in [0.1, 0.15) is 46.1 Å². The number of carbonyl (C=O) groups excluding carboxylic acids is 1. The Morgan fingerprint density at radius 1 is 1.42 bits per heavy atom. The second-order valence-corrected chi connectivity index (χ2v) is 7.61. The number of hydrogen-bond donors (Lipinski definition) is 0. The highest BCUT2D eigenvalue weighted by Gasteiger charge is 2.23. The van der Waals surface area contributed by atoms with E-state index in [-0.39, 0.29) is 12.5 Å². The first kappa shape index (κ1) is 18.5. The number of thiophene rings is 1. The highest BCUT2D eigenvalue weighted by molar-refractivity contribution is 7.13.